The van der Waals surface area contributed by atoms with Crippen molar-refractivity contribution < 1.29 is 9.53 Å². The summed E-state index contributed by atoms with van der Waals surface area (Å²) < 4.78 is 7.43. The number of aromatic nitrogens is 3. The van der Waals surface area contributed by atoms with Crippen molar-refractivity contribution in [3.63, 3.8) is 0 Å². The van der Waals surface area contributed by atoms with Crippen LogP contribution in [0.15, 0.2) is 76.8 Å². The maximum Gasteiger partial charge on any atom is 0.272 e. The van der Waals surface area contributed by atoms with Crippen LogP contribution in [0.2, 0.25) is 0 Å². The van der Waals surface area contributed by atoms with Crippen molar-refractivity contribution in [1.82, 2.24) is 14.5 Å². The molecule has 0 saturated heterocycles. The highest BCUT2D eigenvalue weighted by Crippen LogP contribution is 2.31. The third-order valence-electron chi connectivity index (χ3n) is 5.83. The maximum atomic E-state index is 13.6. The van der Waals surface area contributed by atoms with Crippen LogP contribution in [0.5, 0.6) is 5.75 Å². The van der Waals surface area contributed by atoms with E-state index in [1.54, 1.807) is 42.1 Å². The molecule has 3 heterocycles. The molecule has 0 aliphatic carbocycles. The lowest BCUT2D eigenvalue weighted by Crippen LogP contribution is -2.23. The highest BCUT2D eigenvalue weighted by atomic mass is 32.2. The van der Waals surface area contributed by atoms with Crippen molar-refractivity contribution in [2.75, 3.05) is 12.9 Å². The minimum absolute atomic E-state index is 0.0392. The highest BCUT2D eigenvalue weighted by Gasteiger charge is 2.18. The van der Waals surface area contributed by atoms with Crippen molar-refractivity contribution in [2.45, 2.75) is 25.0 Å². The summed E-state index contributed by atoms with van der Waals surface area (Å²) in [5.74, 6) is 0.823. The summed E-state index contributed by atoms with van der Waals surface area (Å²) in [4.78, 5) is 36.6. The standard InChI is InChI=1S/C27H23N3O3S2/c1-3-17-6-8-18(9-7-17)15-30-26(32)24-23(21-5-4-14-28-25(21)35-24)29-27(30)34-16-22(31)19-10-12-20(33-2)13-11-19/h4-14H,3,15-16H2,1-2H3. The molecular weight excluding hydrogens is 478 g/mol. The fourth-order valence-corrected chi connectivity index (χ4v) is 5.76. The van der Waals surface area contributed by atoms with Gasteiger partial charge in [0.1, 0.15) is 15.3 Å². The molecule has 0 saturated carbocycles. The molecular formula is C27H23N3O3S2. The zero-order valence-corrected chi connectivity index (χ0v) is 21.0. The van der Waals surface area contributed by atoms with Crippen LogP contribution >= 0.6 is 23.1 Å². The molecule has 0 aliphatic rings. The first kappa shape index (κ1) is 23.3. The summed E-state index contributed by atoms with van der Waals surface area (Å²) in [5, 5.41) is 1.37. The van der Waals surface area contributed by atoms with E-state index in [0.717, 1.165) is 22.2 Å². The number of ether oxygens (including phenoxy) is 1. The Morgan fingerprint density at radius 2 is 1.80 bits per heavy atom. The molecule has 0 unspecified atom stereocenters. The summed E-state index contributed by atoms with van der Waals surface area (Å²) in [5.41, 5.74) is 3.36. The average Bonchev–Trinajstić information content (AvgIpc) is 3.28. The van der Waals surface area contributed by atoms with Crippen molar-refractivity contribution in [3.05, 3.63) is 93.9 Å². The Morgan fingerprint density at radius 3 is 2.51 bits per heavy atom. The molecule has 2 aromatic carbocycles. The second-order valence-corrected chi connectivity index (χ2v) is 9.97. The number of carbonyl (C=O) groups excluding carboxylic acids is 1. The Bertz CT molecular complexity index is 1570. The third kappa shape index (κ3) is 4.72. The van der Waals surface area contributed by atoms with Gasteiger partial charge in [0, 0.05) is 17.1 Å². The minimum Gasteiger partial charge on any atom is -0.497 e. The number of thiophene rings is 1. The smallest absolute Gasteiger partial charge is 0.272 e. The molecule has 0 atom stereocenters. The number of methoxy groups -OCH3 is 1. The van der Waals surface area contributed by atoms with Gasteiger partial charge in [0.05, 0.1) is 24.9 Å². The van der Waals surface area contributed by atoms with Crippen LogP contribution in [0, 0.1) is 0 Å². The van der Waals surface area contributed by atoms with E-state index in [-0.39, 0.29) is 17.1 Å². The zero-order chi connectivity index (χ0) is 24.4. The quantitative estimate of drug-likeness (QED) is 0.157. The fraction of sp³-hybridized carbons (Fsp3) is 0.185. The fourth-order valence-electron chi connectivity index (χ4n) is 3.84. The molecule has 5 rings (SSSR count). The van der Waals surface area contributed by atoms with Gasteiger partial charge in [0.25, 0.3) is 5.56 Å². The summed E-state index contributed by atoms with van der Waals surface area (Å²) >= 11 is 2.64. The molecule has 0 radical (unpaired) electrons. The van der Waals surface area contributed by atoms with Crippen molar-refractivity contribution in [3.8, 4) is 5.75 Å². The van der Waals surface area contributed by atoms with Crippen LogP contribution < -0.4 is 10.3 Å². The number of benzene rings is 2. The Morgan fingerprint density at radius 1 is 1.06 bits per heavy atom. The molecule has 0 fully saturated rings. The minimum atomic E-state index is -0.114. The third-order valence-corrected chi connectivity index (χ3v) is 7.90. The number of thioether (sulfide) groups is 1. The summed E-state index contributed by atoms with van der Waals surface area (Å²) in [6.07, 6.45) is 2.67. The van der Waals surface area contributed by atoms with E-state index in [4.69, 9.17) is 9.72 Å². The van der Waals surface area contributed by atoms with E-state index < -0.39 is 0 Å². The van der Waals surface area contributed by atoms with Gasteiger partial charge in [-0.05, 0) is 53.9 Å². The second kappa shape index (κ2) is 10.0. The molecule has 5 aromatic rings. The van der Waals surface area contributed by atoms with Gasteiger partial charge in [-0.15, -0.1) is 11.3 Å². The lowest BCUT2D eigenvalue weighted by molar-refractivity contribution is 0.102. The lowest BCUT2D eigenvalue weighted by atomic mass is 10.1. The van der Waals surface area contributed by atoms with Crippen LogP contribution in [0.3, 0.4) is 0 Å². The zero-order valence-electron chi connectivity index (χ0n) is 19.4. The molecule has 0 bridgehead atoms. The molecule has 35 heavy (non-hydrogen) atoms. The summed E-state index contributed by atoms with van der Waals surface area (Å²) in [6.45, 7) is 2.49. The number of ketones is 1. The normalized spacial score (nSPS) is 11.3. The first-order valence-corrected chi connectivity index (χ1v) is 13.0. The van der Waals surface area contributed by atoms with E-state index in [2.05, 4.69) is 24.0 Å². The van der Waals surface area contributed by atoms with Gasteiger partial charge in [-0.25, -0.2) is 9.97 Å². The first-order chi connectivity index (χ1) is 17.1. The predicted molar refractivity (Wildman–Crippen MR) is 142 cm³/mol. The second-order valence-electron chi connectivity index (χ2n) is 8.03. The Kier molecular flexibility index (Phi) is 6.66. The van der Waals surface area contributed by atoms with Crippen LogP contribution in [-0.2, 0) is 13.0 Å². The molecule has 8 heteroatoms. The Labute approximate surface area is 210 Å². The molecule has 0 N–H and O–H groups in total. The number of Topliss-reactive ketones (excluding diaryl/α,β-unsaturated/α-hetero) is 1. The Balaban J connectivity index is 1.53. The van der Waals surface area contributed by atoms with Crippen LogP contribution in [0.4, 0.5) is 0 Å². The van der Waals surface area contributed by atoms with Gasteiger partial charge in [-0.3, -0.25) is 14.2 Å². The monoisotopic (exact) mass is 501 g/mol. The molecule has 6 nitrogen and oxygen atoms in total. The number of hydrogen-bond acceptors (Lipinski definition) is 7. The molecule has 0 aliphatic heterocycles. The Hall–Kier alpha value is -3.49. The van der Waals surface area contributed by atoms with Gasteiger partial charge in [0.15, 0.2) is 10.9 Å². The number of fused-ring (bicyclic) bond motifs is 3. The highest BCUT2D eigenvalue weighted by molar-refractivity contribution is 7.99. The largest absolute Gasteiger partial charge is 0.497 e. The van der Waals surface area contributed by atoms with Crippen LogP contribution in [0.25, 0.3) is 20.4 Å². The molecule has 3 aromatic heterocycles. The number of pyridine rings is 1. The van der Waals surface area contributed by atoms with Crippen LogP contribution in [-0.4, -0.2) is 33.2 Å². The van der Waals surface area contributed by atoms with Crippen molar-refractivity contribution >= 4 is 49.3 Å². The van der Waals surface area contributed by atoms with E-state index >= 15 is 0 Å². The van der Waals surface area contributed by atoms with Gasteiger partial charge in [0.2, 0.25) is 0 Å². The summed E-state index contributed by atoms with van der Waals surface area (Å²) in [7, 11) is 1.59. The van der Waals surface area contributed by atoms with E-state index in [9.17, 15) is 9.59 Å². The topological polar surface area (TPSA) is 74.1 Å². The number of carbonyl (C=O) groups is 1. The first-order valence-electron chi connectivity index (χ1n) is 11.2. The van der Waals surface area contributed by atoms with E-state index in [0.29, 0.717) is 33.2 Å². The van der Waals surface area contributed by atoms with E-state index in [1.807, 2.05) is 24.3 Å². The summed E-state index contributed by atoms with van der Waals surface area (Å²) in [6, 6.07) is 19.0. The van der Waals surface area contributed by atoms with E-state index in [1.165, 1.54) is 28.7 Å². The number of nitrogens with zero attached hydrogens (tertiary/aromatic N) is 3. The predicted octanol–water partition coefficient (Wildman–Crippen LogP) is 5.60. The SMILES string of the molecule is CCc1ccc(Cn2c(SCC(=O)c3ccc(OC)cc3)nc3c(sc4ncccc43)c2=O)cc1. The molecule has 0 amide bonds. The van der Waals surface area contributed by atoms with Gasteiger partial charge in [-0.2, -0.15) is 0 Å². The van der Waals surface area contributed by atoms with Gasteiger partial charge in [-0.1, -0.05) is 43.0 Å². The number of aryl methyl sites for hydroxylation is 1. The number of rotatable bonds is 8. The van der Waals surface area contributed by atoms with Crippen molar-refractivity contribution in [2.24, 2.45) is 0 Å². The number of hydrogen-bond donors (Lipinski definition) is 0. The van der Waals surface area contributed by atoms with Gasteiger partial charge >= 0.3 is 0 Å². The molecule has 0 spiro atoms. The molecule has 176 valence electrons. The maximum absolute atomic E-state index is 13.6. The average molecular weight is 502 g/mol. The van der Waals surface area contributed by atoms with Gasteiger partial charge < -0.3 is 4.74 Å². The lowest BCUT2D eigenvalue weighted by Gasteiger charge is -2.12. The van der Waals surface area contributed by atoms with Crippen LogP contribution in [0.1, 0.15) is 28.4 Å². The van der Waals surface area contributed by atoms with Crippen molar-refractivity contribution in [1.29, 1.82) is 0 Å².